The van der Waals surface area contributed by atoms with Crippen molar-refractivity contribution in [2.75, 3.05) is 30.4 Å². The number of imidazole rings is 1. The quantitative estimate of drug-likeness (QED) is 0.127. The molecule has 4 aromatic rings. The molecule has 240 valence electrons. The van der Waals surface area contributed by atoms with Crippen LogP contribution in [0.2, 0.25) is 10.2 Å². The minimum absolute atomic E-state index is 0.171. The van der Waals surface area contributed by atoms with Crippen LogP contribution in [0.3, 0.4) is 0 Å². The highest BCUT2D eigenvalue weighted by Gasteiger charge is 2.27. The Bertz CT molecular complexity index is 1680. The molecule has 1 aliphatic heterocycles. The fourth-order valence-corrected chi connectivity index (χ4v) is 5.90. The van der Waals surface area contributed by atoms with Gasteiger partial charge in [0.05, 0.1) is 19.1 Å². The first-order chi connectivity index (χ1) is 22.2. The molecule has 2 heterocycles. The Morgan fingerprint density at radius 1 is 1.09 bits per heavy atom. The number of methoxy groups -OCH3 is 1. The Labute approximate surface area is 276 Å². The van der Waals surface area contributed by atoms with Gasteiger partial charge in [-0.05, 0) is 60.7 Å². The van der Waals surface area contributed by atoms with Crippen LogP contribution in [0.4, 0.5) is 21.0 Å². The SMILES string of the molecule is COC(=O)Nc1ccc(-c2nc([C@H](Cc3ccccc3)NC(=O)NCc3cc(Cl)ccc3N3CCCC(C(=O)O)C3)[nH]c2Cl)cc1. The van der Waals surface area contributed by atoms with E-state index in [0.29, 0.717) is 52.3 Å². The highest BCUT2D eigenvalue weighted by atomic mass is 35.5. The summed E-state index contributed by atoms with van der Waals surface area (Å²) in [6.45, 7) is 1.28. The zero-order chi connectivity index (χ0) is 32.6. The molecule has 11 nitrogen and oxygen atoms in total. The van der Waals surface area contributed by atoms with Crippen LogP contribution in [0.1, 0.15) is 35.8 Å². The first-order valence-corrected chi connectivity index (χ1v) is 15.5. The third-order valence-electron chi connectivity index (χ3n) is 7.78. The van der Waals surface area contributed by atoms with Crippen molar-refractivity contribution in [3.8, 4) is 11.3 Å². The fourth-order valence-electron chi connectivity index (χ4n) is 5.46. The van der Waals surface area contributed by atoms with Crippen molar-refractivity contribution in [2.24, 2.45) is 5.92 Å². The number of halogens is 2. The van der Waals surface area contributed by atoms with E-state index in [1.807, 2.05) is 41.3 Å². The molecule has 1 aromatic heterocycles. The molecule has 1 aliphatic rings. The van der Waals surface area contributed by atoms with E-state index >= 15 is 0 Å². The lowest BCUT2D eigenvalue weighted by Gasteiger charge is -2.34. The Kier molecular flexibility index (Phi) is 10.7. The second-order valence-corrected chi connectivity index (χ2v) is 11.8. The van der Waals surface area contributed by atoms with Gasteiger partial charge in [0.1, 0.15) is 16.7 Å². The zero-order valence-corrected chi connectivity index (χ0v) is 26.6. The average molecular weight is 666 g/mol. The van der Waals surface area contributed by atoms with Crippen LogP contribution in [-0.4, -0.2) is 53.4 Å². The van der Waals surface area contributed by atoms with E-state index in [4.69, 9.17) is 28.2 Å². The Morgan fingerprint density at radius 2 is 1.85 bits per heavy atom. The van der Waals surface area contributed by atoms with Crippen molar-refractivity contribution in [1.82, 2.24) is 20.6 Å². The maximum atomic E-state index is 13.4. The first kappa shape index (κ1) is 32.6. The van der Waals surface area contributed by atoms with Crippen molar-refractivity contribution in [3.05, 3.63) is 99.9 Å². The molecule has 0 bridgehead atoms. The van der Waals surface area contributed by atoms with E-state index in [2.05, 4.69) is 25.7 Å². The number of piperidine rings is 1. The number of rotatable bonds is 10. The van der Waals surface area contributed by atoms with Gasteiger partial charge in [0, 0.05) is 41.6 Å². The summed E-state index contributed by atoms with van der Waals surface area (Å²) >= 11 is 12.9. The van der Waals surface area contributed by atoms with Crippen LogP contribution >= 0.6 is 23.2 Å². The van der Waals surface area contributed by atoms with E-state index in [-0.39, 0.29) is 6.54 Å². The number of carboxylic acids is 1. The molecule has 0 aliphatic carbocycles. The lowest BCUT2D eigenvalue weighted by atomic mass is 9.97. The fraction of sp³-hybridized carbons (Fsp3) is 0.273. The molecule has 2 atom stereocenters. The summed E-state index contributed by atoms with van der Waals surface area (Å²) in [6.07, 6.45) is 1.25. The van der Waals surface area contributed by atoms with Gasteiger partial charge in [-0.25, -0.2) is 14.6 Å². The van der Waals surface area contributed by atoms with Gasteiger partial charge in [-0.1, -0.05) is 65.7 Å². The number of aliphatic carboxylic acids is 1. The first-order valence-electron chi connectivity index (χ1n) is 14.8. The number of carbonyl (C=O) groups excluding carboxylic acids is 2. The summed E-state index contributed by atoms with van der Waals surface area (Å²) in [6, 6.07) is 21.1. The second-order valence-electron chi connectivity index (χ2n) is 10.9. The number of nitrogens with one attached hydrogen (secondary N) is 4. The number of benzene rings is 3. The number of amides is 3. The lowest BCUT2D eigenvalue weighted by Crippen LogP contribution is -2.40. The molecule has 0 saturated carbocycles. The highest BCUT2D eigenvalue weighted by molar-refractivity contribution is 6.32. The molecular formula is C33H34Cl2N6O5. The number of ether oxygens (including phenoxy) is 1. The third-order valence-corrected chi connectivity index (χ3v) is 8.29. The summed E-state index contributed by atoms with van der Waals surface area (Å²) in [7, 11) is 1.29. The predicted molar refractivity (Wildman–Crippen MR) is 177 cm³/mol. The minimum atomic E-state index is -0.809. The van der Waals surface area contributed by atoms with Gasteiger partial charge in [0.2, 0.25) is 0 Å². The Balaban J connectivity index is 1.33. The molecule has 1 fully saturated rings. The van der Waals surface area contributed by atoms with Crippen molar-refractivity contribution < 1.29 is 24.2 Å². The summed E-state index contributed by atoms with van der Waals surface area (Å²) in [5.74, 6) is -0.796. The molecule has 5 N–H and O–H groups in total. The number of hydrogen-bond acceptors (Lipinski definition) is 6. The zero-order valence-electron chi connectivity index (χ0n) is 25.1. The monoisotopic (exact) mass is 664 g/mol. The van der Waals surface area contributed by atoms with Gasteiger partial charge < -0.3 is 30.4 Å². The Morgan fingerprint density at radius 3 is 2.57 bits per heavy atom. The smallest absolute Gasteiger partial charge is 0.411 e. The molecule has 13 heteroatoms. The molecule has 5 rings (SSSR count). The lowest BCUT2D eigenvalue weighted by molar-refractivity contribution is -0.141. The van der Waals surface area contributed by atoms with E-state index in [1.165, 1.54) is 7.11 Å². The molecule has 46 heavy (non-hydrogen) atoms. The van der Waals surface area contributed by atoms with E-state index in [1.54, 1.807) is 36.4 Å². The average Bonchev–Trinajstić information content (AvgIpc) is 3.45. The summed E-state index contributed by atoms with van der Waals surface area (Å²) in [4.78, 5) is 46.4. The van der Waals surface area contributed by atoms with Gasteiger partial charge >= 0.3 is 18.1 Å². The molecule has 3 aromatic carbocycles. The summed E-state index contributed by atoms with van der Waals surface area (Å²) in [5, 5.41) is 18.9. The molecule has 1 unspecified atom stereocenters. The number of H-pyrrole nitrogens is 1. The number of hydrogen-bond donors (Lipinski definition) is 5. The van der Waals surface area contributed by atoms with Crippen LogP contribution in [0, 0.1) is 5.92 Å². The number of urea groups is 1. The summed E-state index contributed by atoms with van der Waals surface area (Å²) in [5.41, 5.74) is 4.35. The van der Waals surface area contributed by atoms with Gasteiger partial charge in [0.15, 0.2) is 0 Å². The maximum Gasteiger partial charge on any atom is 0.411 e. The van der Waals surface area contributed by atoms with E-state index < -0.39 is 30.1 Å². The molecular weight excluding hydrogens is 631 g/mol. The predicted octanol–water partition coefficient (Wildman–Crippen LogP) is 6.65. The van der Waals surface area contributed by atoms with Gasteiger partial charge in [-0.2, -0.15) is 0 Å². The highest BCUT2D eigenvalue weighted by Crippen LogP contribution is 2.31. The van der Waals surface area contributed by atoms with Crippen molar-refractivity contribution in [3.63, 3.8) is 0 Å². The van der Waals surface area contributed by atoms with Crippen LogP contribution in [0.25, 0.3) is 11.3 Å². The number of nitrogens with zero attached hydrogens (tertiary/aromatic N) is 2. The molecule has 0 spiro atoms. The number of anilines is 2. The molecule has 0 radical (unpaired) electrons. The van der Waals surface area contributed by atoms with Crippen LogP contribution in [0.5, 0.6) is 0 Å². The van der Waals surface area contributed by atoms with Crippen LogP contribution < -0.4 is 20.9 Å². The normalized spacial score (nSPS) is 15.1. The van der Waals surface area contributed by atoms with E-state index in [0.717, 1.165) is 29.8 Å². The third kappa shape index (κ3) is 8.29. The standard InChI is InChI=1S/C33H34Cl2N6O5/c1-46-33(45)37-25-12-9-21(10-13-25)28-29(35)40-30(39-28)26(16-20-6-3-2-4-7-20)38-32(44)36-18-23-17-24(34)11-14-27(23)41-15-5-8-22(19-41)31(42)43/h2-4,6-7,9-14,17,22,26H,5,8,15-16,18-19H2,1H3,(H,37,45)(H,39,40)(H,42,43)(H2,36,38,44)/t22?,26-/m0/s1. The second kappa shape index (κ2) is 15.0. The molecule has 1 saturated heterocycles. The van der Waals surface area contributed by atoms with Gasteiger partial charge in [-0.3, -0.25) is 10.1 Å². The number of aromatic amines is 1. The topological polar surface area (TPSA) is 149 Å². The largest absolute Gasteiger partial charge is 0.481 e. The van der Waals surface area contributed by atoms with E-state index in [9.17, 15) is 19.5 Å². The minimum Gasteiger partial charge on any atom is -0.481 e. The van der Waals surface area contributed by atoms with Crippen molar-refractivity contribution in [2.45, 2.75) is 31.8 Å². The van der Waals surface area contributed by atoms with Crippen molar-refractivity contribution in [1.29, 1.82) is 0 Å². The van der Waals surface area contributed by atoms with Gasteiger partial charge in [-0.15, -0.1) is 0 Å². The molecule has 3 amide bonds. The van der Waals surface area contributed by atoms with Crippen LogP contribution in [-0.2, 0) is 22.5 Å². The number of aromatic nitrogens is 2. The van der Waals surface area contributed by atoms with Gasteiger partial charge in [0.25, 0.3) is 0 Å². The number of carboxylic acid groups (broad SMARTS) is 1. The number of carbonyl (C=O) groups is 3. The van der Waals surface area contributed by atoms with Crippen LogP contribution in [0.15, 0.2) is 72.8 Å². The summed E-state index contributed by atoms with van der Waals surface area (Å²) < 4.78 is 4.64. The Hall–Kier alpha value is -4.74. The maximum absolute atomic E-state index is 13.4. The van der Waals surface area contributed by atoms with Crippen molar-refractivity contribution >= 4 is 52.7 Å².